The molecule has 0 saturated carbocycles. The van der Waals surface area contributed by atoms with E-state index in [2.05, 4.69) is 26.1 Å². The van der Waals surface area contributed by atoms with E-state index in [0.717, 1.165) is 38.3 Å². The minimum Gasteiger partial charge on any atom is -0.496 e. The normalized spacial score (nSPS) is 10.7. The molecule has 1 aromatic heterocycles. The second-order valence-electron chi connectivity index (χ2n) is 4.18. The van der Waals surface area contributed by atoms with Gasteiger partial charge in [-0.3, -0.25) is 0 Å². The van der Waals surface area contributed by atoms with Gasteiger partial charge in [-0.25, -0.2) is 0 Å². The first-order valence-electron chi connectivity index (χ1n) is 5.96. The Hall–Kier alpha value is -1.21. The molecule has 0 spiro atoms. The van der Waals surface area contributed by atoms with Crippen molar-refractivity contribution in [3.63, 3.8) is 0 Å². The van der Waals surface area contributed by atoms with E-state index >= 15 is 0 Å². The average molecular weight is 358 g/mol. The lowest BCUT2D eigenvalue weighted by Gasteiger charge is -2.12. The van der Waals surface area contributed by atoms with Gasteiger partial charge in [-0.1, -0.05) is 11.8 Å². The molecule has 0 bridgehead atoms. The molecule has 2 rings (SSSR count). The van der Waals surface area contributed by atoms with Crippen LogP contribution in [0.1, 0.15) is 11.4 Å². The standard InChI is InChI=1S/C13H16BrN3O2S/c1-8-15-16-13(17(8)2)20-7-9-5-12(19-4)10(14)6-11(9)18-3/h5-6H,7H2,1-4H3. The Morgan fingerprint density at radius 3 is 2.45 bits per heavy atom. The SMILES string of the molecule is COc1cc(CSc2nnc(C)n2C)c(OC)cc1Br. The summed E-state index contributed by atoms with van der Waals surface area (Å²) in [6.07, 6.45) is 0. The highest BCUT2D eigenvalue weighted by Gasteiger charge is 2.12. The molecular weight excluding hydrogens is 342 g/mol. The molecule has 0 N–H and O–H groups in total. The summed E-state index contributed by atoms with van der Waals surface area (Å²) in [4.78, 5) is 0. The molecule has 7 heteroatoms. The third-order valence-electron chi connectivity index (χ3n) is 2.96. The van der Waals surface area contributed by atoms with Crippen LogP contribution >= 0.6 is 27.7 Å². The van der Waals surface area contributed by atoms with E-state index in [1.807, 2.05) is 30.7 Å². The molecule has 0 radical (unpaired) electrons. The molecule has 1 aromatic carbocycles. The summed E-state index contributed by atoms with van der Waals surface area (Å²) in [5, 5.41) is 9.07. The molecule has 20 heavy (non-hydrogen) atoms. The monoisotopic (exact) mass is 357 g/mol. The summed E-state index contributed by atoms with van der Waals surface area (Å²) in [7, 11) is 5.27. The van der Waals surface area contributed by atoms with Gasteiger partial charge in [0.25, 0.3) is 0 Å². The number of aromatic nitrogens is 3. The number of hydrogen-bond donors (Lipinski definition) is 0. The van der Waals surface area contributed by atoms with Crippen LogP contribution < -0.4 is 9.47 Å². The van der Waals surface area contributed by atoms with Crippen LogP contribution in [-0.2, 0) is 12.8 Å². The Morgan fingerprint density at radius 2 is 1.90 bits per heavy atom. The lowest BCUT2D eigenvalue weighted by molar-refractivity contribution is 0.398. The maximum atomic E-state index is 5.41. The highest BCUT2D eigenvalue weighted by atomic mass is 79.9. The van der Waals surface area contributed by atoms with E-state index in [0.29, 0.717) is 0 Å². The first-order chi connectivity index (χ1) is 9.56. The van der Waals surface area contributed by atoms with Crippen molar-refractivity contribution in [2.75, 3.05) is 14.2 Å². The Bertz CT molecular complexity index is 616. The molecular formula is C13H16BrN3O2S. The summed E-state index contributed by atoms with van der Waals surface area (Å²) in [5.74, 6) is 3.24. The van der Waals surface area contributed by atoms with Gasteiger partial charge >= 0.3 is 0 Å². The molecule has 2 aromatic rings. The number of methoxy groups -OCH3 is 2. The molecule has 0 saturated heterocycles. The van der Waals surface area contributed by atoms with Crippen molar-refractivity contribution in [1.82, 2.24) is 14.8 Å². The zero-order valence-corrected chi connectivity index (χ0v) is 14.2. The number of ether oxygens (including phenoxy) is 2. The maximum absolute atomic E-state index is 5.41. The molecule has 108 valence electrons. The van der Waals surface area contributed by atoms with Crippen LogP contribution in [-0.4, -0.2) is 29.0 Å². The topological polar surface area (TPSA) is 49.2 Å². The number of benzene rings is 1. The Balaban J connectivity index is 2.22. The van der Waals surface area contributed by atoms with Crippen LogP contribution in [0.3, 0.4) is 0 Å². The molecule has 0 fully saturated rings. The summed E-state index contributed by atoms with van der Waals surface area (Å²) in [6, 6.07) is 3.88. The van der Waals surface area contributed by atoms with Crippen LogP contribution in [0, 0.1) is 6.92 Å². The van der Waals surface area contributed by atoms with Crippen molar-refractivity contribution < 1.29 is 9.47 Å². The van der Waals surface area contributed by atoms with Crippen molar-refractivity contribution in [3.8, 4) is 11.5 Å². The average Bonchev–Trinajstić information content (AvgIpc) is 2.77. The molecule has 0 aliphatic heterocycles. The molecule has 1 heterocycles. The molecule has 0 aliphatic rings. The summed E-state index contributed by atoms with van der Waals surface area (Å²) in [6.45, 7) is 1.93. The van der Waals surface area contributed by atoms with Gasteiger partial charge in [0, 0.05) is 18.4 Å². The molecule has 0 amide bonds. The zero-order chi connectivity index (χ0) is 14.7. The zero-order valence-electron chi connectivity index (χ0n) is 11.8. The van der Waals surface area contributed by atoms with Crippen molar-refractivity contribution >= 4 is 27.7 Å². The van der Waals surface area contributed by atoms with Crippen LogP contribution in [0.15, 0.2) is 21.8 Å². The van der Waals surface area contributed by atoms with Gasteiger partial charge in [-0.05, 0) is 35.0 Å². The van der Waals surface area contributed by atoms with E-state index in [1.165, 1.54) is 0 Å². The Labute approximate surface area is 130 Å². The van der Waals surface area contributed by atoms with E-state index in [-0.39, 0.29) is 0 Å². The number of rotatable bonds is 5. The fourth-order valence-corrected chi connectivity index (χ4v) is 3.11. The molecule has 0 unspecified atom stereocenters. The van der Waals surface area contributed by atoms with Crippen LogP contribution in [0.25, 0.3) is 0 Å². The first-order valence-corrected chi connectivity index (χ1v) is 7.74. The number of hydrogen-bond acceptors (Lipinski definition) is 5. The number of nitrogens with zero attached hydrogens (tertiary/aromatic N) is 3. The third-order valence-corrected chi connectivity index (χ3v) is 4.65. The van der Waals surface area contributed by atoms with E-state index in [4.69, 9.17) is 9.47 Å². The minimum absolute atomic E-state index is 0.735. The van der Waals surface area contributed by atoms with Gasteiger partial charge in [0.1, 0.15) is 17.3 Å². The lowest BCUT2D eigenvalue weighted by atomic mass is 10.2. The van der Waals surface area contributed by atoms with Gasteiger partial charge < -0.3 is 14.0 Å². The van der Waals surface area contributed by atoms with Gasteiger partial charge in [0.05, 0.1) is 18.7 Å². The minimum atomic E-state index is 0.735. The van der Waals surface area contributed by atoms with Crippen molar-refractivity contribution in [1.29, 1.82) is 0 Å². The predicted octanol–water partition coefficient (Wildman–Crippen LogP) is 3.20. The van der Waals surface area contributed by atoms with E-state index < -0.39 is 0 Å². The van der Waals surface area contributed by atoms with E-state index in [1.54, 1.807) is 26.0 Å². The molecule has 0 aliphatic carbocycles. The smallest absolute Gasteiger partial charge is 0.191 e. The first kappa shape index (κ1) is 15.2. The Morgan fingerprint density at radius 1 is 1.20 bits per heavy atom. The molecule has 0 atom stereocenters. The highest BCUT2D eigenvalue weighted by molar-refractivity contribution is 9.10. The van der Waals surface area contributed by atoms with Crippen LogP contribution in [0.2, 0.25) is 0 Å². The lowest BCUT2D eigenvalue weighted by Crippen LogP contribution is -1.96. The quantitative estimate of drug-likeness (QED) is 0.769. The fourth-order valence-electron chi connectivity index (χ4n) is 1.69. The molecule has 5 nitrogen and oxygen atoms in total. The van der Waals surface area contributed by atoms with Gasteiger partial charge in [0.2, 0.25) is 0 Å². The van der Waals surface area contributed by atoms with Gasteiger partial charge in [-0.2, -0.15) is 0 Å². The number of halogens is 1. The van der Waals surface area contributed by atoms with Gasteiger partial charge in [0.15, 0.2) is 5.16 Å². The number of aryl methyl sites for hydroxylation is 1. The highest BCUT2D eigenvalue weighted by Crippen LogP contribution is 2.35. The third kappa shape index (κ3) is 3.09. The maximum Gasteiger partial charge on any atom is 0.191 e. The Kier molecular flexibility index (Phi) is 4.93. The second kappa shape index (κ2) is 6.49. The summed E-state index contributed by atoms with van der Waals surface area (Å²) in [5.41, 5.74) is 1.05. The van der Waals surface area contributed by atoms with Crippen molar-refractivity contribution in [2.24, 2.45) is 7.05 Å². The fraction of sp³-hybridized carbons (Fsp3) is 0.385. The summed E-state index contributed by atoms with van der Waals surface area (Å²) >= 11 is 5.07. The largest absolute Gasteiger partial charge is 0.496 e. The second-order valence-corrected chi connectivity index (χ2v) is 5.97. The predicted molar refractivity (Wildman–Crippen MR) is 82.5 cm³/mol. The van der Waals surface area contributed by atoms with Crippen molar-refractivity contribution in [2.45, 2.75) is 17.8 Å². The van der Waals surface area contributed by atoms with Gasteiger partial charge in [-0.15, -0.1) is 10.2 Å². The number of thioether (sulfide) groups is 1. The van der Waals surface area contributed by atoms with Crippen LogP contribution in [0.5, 0.6) is 11.5 Å². The van der Waals surface area contributed by atoms with Crippen molar-refractivity contribution in [3.05, 3.63) is 28.0 Å². The summed E-state index contributed by atoms with van der Waals surface area (Å²) < 4.78 is 13.6. The van der Waals surface area contributed by atoms with Crippen LogP contribution in [0.4, 0.5) is 0 Å². The van der Waals surface area contributed by atoms with E-state index in [9.17, 15) is 0 Å².